The molecule has 0 bridgehead atoms. The normalized spacial score (nSPS) is 14.6. The van der Waals surface area contributed by atoms with Crippen molar-refractivity contribution in [2.75, 3.05) is 29.9 Å². The molecule has 22 heavy (non-hydrogen) atoms. The third-order valence-electron chi connectivity index (χ3n) is 4.17. The molecule has 1 fully saturated rings. The molecule has 1 aliphatic rings. The number of aromatic nitrogens is 3. The van der Waals surface area contributed by atoms with Crippen molar-refractivity contribution >= 4 is 11.8 Å². The topological polar surface area (TPSA) is 58.3 Å². The van der Waals surface area contributed by atoms with E-state index < -0.39 is 0 Å². The highest BCUT2D eigenvalue weighted by atomic mass is 16.5. The van der Waals surface area contributed by atoms with Crippen LogP contribution in [0.5, 0.6) is 0 Å². The highest BCUT2D eigenvalue weighted by Crippen LogP contribution is 2.25. The second-order valence-electron chi connectivity index (χ2n) is 6.04. The zero-order valence-corrected chi connectivity index (χ0v) is 13.8. The van der Waals surface area contributed by atoms with E-state index in [1.165, 1.54) is 12.8 Å². The molecule has 0 aliphatic carbocycles. The van der Waals surface area contributed by atoms with Crippen LogP contribution in [0.1, 0.15) is 35.6 Å². The van der Waals surface area contributed by atoms with Gasteiger partial charge in [-0.1, -0.05) is 5.16 Å². The maximum atomic E-state index is 5.31. The second-order valence-corrected chi connectivity index (χ2v) is 6.04. The lowest BCUT2D eigenvalue weighted by Crippen LogP contribution is -2.24. The summed E-state index contributed by atoms with van der Waals surface area (Å²) in [6.45, 7) is 8.79. The maximum Gasteiger partial charge on any atom is 0.227 e. The van der Waals surface area contributed by atoms with Gasteiger partial charge in [0.2, 0.25) is 5.95 Å². The van der Waals surface area contributed by atoms with Crippen molar-refractivity contribution in [2.24, 2.45) is 0 Å². The average Bonchev–Trinajstić information content (AvgIpc) is 3.13. The van der Waals surface area contributed by atoms with Crippen molar-refractivity contribution in [3.8, 4) is 0 Å². The molecule has 2 aromatic rings. The molecular formula is C16H23N5O. The first kappa shape index (κ1) is 14.8. The summed E-state index contributed by atoms with van der Waals surface area (Å²) in [5, 5.41) is 3.94. The van der Waals surface area contributed by atoms with Gasteiger partial charge in [0.05, 0.1) is 12.2 Å². The van der Waals surface area contributed by atoms with E-state index >= 15 is 0 Å². The number of nitrogens with zero attached hydrogens (tertiary/aromatic N) is 5. The van der Waals surface area contributed by atoms with Crippen LogP contribution in [0.25, 0.3) is 0 Å². The molecule has 118 valence electrons. The van der Waals surface area contributed by atoms with Crippen molar-refractivity contribution in [2.45, 2.75) is 40.2 Å². The van der Waals surface area contributed by atoms with Crippen molar-refractivity contribution in [3.05, 3.63) is 28.8 Å². The fourth-order valence-electron chi connectivity index (χ4n) is 2.83. The first-order chi connectivity index (χ1) is 10.5. The lowest BCUT2D eigenvalue weighted by atomic mass is 10.2. The van der Waals surface area contributed by atoms with E-state index in [0.29, 0.717) is 6.54 Å². The summed E-state index contributed by atoms with van der Waals surface area (Å²) in [6.07, 6.45) is 2.44. The summed E-state index contributed by atoms with van der Waals surface area (Å²) < 4.78 is 5.31. The molecule has 1 aliphatic heterocycles. The maximum absolute atomic E-state index is 5.31. The Morgan fingerprint density at radius 3 is 2.55 bits per heavy atom. The Morgan fingerprint density at radius 2 is 1.91 bits per heavy atom. The van der Waals surface area contributed by atoms with Crippen LogP contribution in [-0.2, 0) is 6.54 Å². The van der Waals surface area contributed by atoms with E-state index in [9.17, 15) is 0 Å². The number of anilines is 2. The third kappa shape index (κ3) is 2.91. The van der Waals surface area contributed by atoms with Gasteiger partial charge in [0.1, 0.15) is 5.82 Å². The first-order valence-electron chi connectivity index (χ1n) is 7.78. The molecule has 0 radical (unpaired) electrons. The average molecular weight is 301 g/mol. The highest BCUT2D eigenvalue weighted by molar-refractivity contribution is 5.52. The van der Waals surface area contributed by atoms with Gasteiger partial charge in [0.25, 0.3) is 0 Å². The van der Waals surface area contributed by atoms with Crippen LogP contribution in [0, 0.1) is 20.8 Å². The van der Waals surface area contributed by atoms with Crippen LogP contribution in [0.15, 0.2) is 10.6 Å². The Labute approximate surface area is 131 Å². The van der Waals surface area contributed by atoms with Gasteiger partial charge < -0.3 is 14.3 Å². The summed E-state index contributed by atoms with van der Waals surface area (Å²) in [6, 6.07) is 1.96. The molecule has 0 aromatic carbocycles. The molecule has 6 heteroatoms. The van der Waals surface area contributed by atoms with Gasteiger partial charge in [-0.15, -0.1) is 0 Å². The zero-order valence-electron chi connectivity index (χ0n) is 13.8. The summed E-state index contributed by atoms with van der Waals surface area (Å²) in [4.78, 5) is 13.8. The van der Waals surface area contributed by atoms with Crippen molar-refractivity contribution in [1.82, 2.24) is 15.1 Å². The second kappa shape index (κ2) is 5.94. The minimum atomic E-state index is 0.650. The number of rotatable bonds is 4. The SMILES string of the molecule is Cc1cc(CN(C)c2nc(N3CCCC3)nc(C)c2C)on1. The molecule has 0 spiro atoms. The van der Waals surface area contributed by atoms with E-state index in [1.54, 1.807) is 0 Å². The summed E-state index contributed by atoms with van der Waals surface area (Å²) >= 11 is 0. The van der Waals surface area contributed by atoms with Crippen LogP contribution in [0.2, 0.25) is 0 Å². The molecule has 6 nitrogen and oxygen atoms in total. The Hall–Kier alpha value is -2.11. The molecule has 3 heterocycles. The fraction of sp³-hybridized carbons (Fsp3) is 0.562. The highest BCUT2D eigenvalue weighted by Gasteiger charge is 2.19. The first-order valence-corrected chi connectivity index (χ1v) is 7.78. The molecule has 3 rings (SSSR count). The molecule has 0 saturated carbocycles. The minimum Gasteiger partial charge on any atom is -0.359 e. The van der Waals surface area contributed by atoms with Gasteiger partial charge in [0, 0.05) is 37.5 Å². The van der Waals surface area contributed by atoms with Crippen LogP contribution >= 0.6 is 0 Å². The van der Waals surface area contributed by atoms with Gasteiger partial charge in [0.15, 0.2) is 5.76 Å². The zero-order chi connectivity index (χ0) is 15.7. The van der Waals surface area contributed by atoms with E-state index in [-0.39, 0.29) is 0 Å². The fourth-order valence-corrected chi connectivity index (χ4v) is 2.83. The number of hydrogen-bond donors (Lipinski definition) is 0. The predicted molar refractivity (Wildman–Crippen MR) is 86.3 cm³/mol. The Bertz CT molecular complexity index is 661. The van der Waals surface area contributed by atoms with Gasteiger partial charge in [-0.05, 0) is 33.6 Å². The van der Waals surface area contributed by atoms with E-state index in [4.69, 9.17) is 9.51 Å². The molecule has 1 saturated heterocycles. The largest absolute Gasteiger partial charge is 0.359 e. The van der Waals surface area contributed by atoms with Crippen molar-refractivity contribution < 1.29 is 4.52 Å². The van der Waals surface area contributed by atoms with E-state index in [0.717, 1.165) is 47.6 Å². The molecule has 0 unspecified atom stereocenters. The van der Waals surface area contributed by atoms with Gasteiger partial charge in [-0.2, -0.15) is 4.98 Å². The molecule has 0 amide bonds. The third-order valence-corrected chi connectivity index (χ3v) is 4.17. The van der Waals surface area contributed by atoms with E-state index in [1.807, 2.05) is 27.0 Å². The molecule has 0 N–H and O–H groups in total. The van der Waals surface area contributed by atoms with Crippen molar-refractivity contribution in [3.63, 3.8) is 0 Å². The standard InChI is InChI=1S/C16H23N5O/c1-11-9-14(22-19-11)10-20(4)15-12(2)13(3)17-16(18-15)21-7-5-6-8-21/h9H,5-8,10H2,1-4H3. The quantitative estimate of drug-likeness (QED) is 0.865. The van der Waals surface area contributed by atoms with Crippen LogP contribution < -0.4 is 9.80 Å². The monoisotopic (exact) mass is 301 g/mol. The van der Waals surface area contributed by atoms with Crippen LogP contribution in [-0.4, -0.2) is 35.3 Å². The van der Waals surface area contributed by atoms with Crippen LogP contribution in [0.4, 0.5) is 11.8 Å². The lowest BCUT2D eigenvalue weighted by molar-refractivity contribution is 0.379. The van der Waals surface area contributed by atoms with Crippen molar-refractivity contribution in [1.29, 1.82) is 0 Å². The number of aryl methyl sites for hydroxylation is 2. The van der Waals surface area contributed by atoms with Gasteiger partial charge >= 0.3 is 0 Å². The van der Waals surface area contributed by atoms with E-state index in [2.05, 4.69) is 26.9 Å². The summed E-state index contributed by atoms with van der Waals surface area (Å²) in [7, 11) is 2.03. The Morgan fingerprint density at radius 1 is 1.18 bits per heavy atom. The molecule has 0 atom stereocenters. The smallest absolute Gasteiger partial charge is 0.227 e. The summed E-state index contributed by atoms with van der Waals surface area (Å²) in [5.74, 6) is 2.65. The van der Waals surface area contributed by atoms with Crippen LogP contribution in [0.3, 0.4) is 0 Å². The molecule has 2 aromatic heterocycles. The molecular weight excluding hydrogens is 278 g/mol. The van der Waals surface area contributed by atoms with Gasteiger partial charge in [-0.3, -0.25) is 0 Å². The summed E-state index contributed by atoms with van der Waals surface area (Å²) in [5.41, 5.74) is 3.05. The Kier molecular flexibility index (Phi) is 4.00. The van der Waals surface area contributed by atoms with Gasteiger partial charge in [-0.25, -0.2) is 4.98 Å². The minimum absolute atomic E-state index is 0.650. The number of hydrogen-bond acceptors (Lipinski definition) is 6. The predicted octanol–water partition coefficient (Wildman–Crippen LogP) is 2.63. The lowest BCUT2D eigenvalue weighted by Gasteiger charge is -2.23. The Balaban J connectivity index is 1.87.